The predicted octanol–water partition coefficient (Wildman–Crippen LogP) is 0.577. The Morgan fingerprint density at radius 2 is 2.35 bits per heavy atom. The first kappa shape index (κ1) is 11.2. The number of hydrogen-bond donors (Lipinski definition) is 2. The summed E-state index contributed by atoms with van der Waals surface area (Å²) >= 11 is 0. The average Bonchev–Trinajstić information content (AvgIpc) is 2.82. The van der Waals surface area contributed by atoms with Crippen molar-refractivity contribution in [3.8, 4) is 0 Å². The van der Waals surface area contributed by atoms with Gasteiger partial charge in [0.05, 0.1) is 6.54 Å². The third-order valence-electron chi connectivity index (χ3n) is 2.23. The van der Waals surface area contributed by atoms with Gasteiger partial charge in [0.15, 0.2) is 5.82 Å². The SMILES string of the molecule is Cc1ccc(C(=O)NCc2nn[nH]n2)cc1F. The molecular weight excluding hydrogens is 225 g/mol. The van der Waals surface area contributed by atoms with E-state index in [0.717, 1.165) is 0 Å². The summed E-state index contributed by atoms with van der Waals surface area (Å²) in [5.41, 5.74) is 0.760. The molecule has 0 radical (unpaired) electrons. The van der Waals surface area contributed by atoms with Gasteiger partial charge in [0.25, 0.3) is 5.91 Å². The number of amides is 1. The van der Waals surface area contributed by atoms with Gasteiger partial charge in [-0.2, -0.15) is 5.21 Å². The number of H-pyrrole nitrogens is 1. The maximum absolute atomic E-state index is 13.2. The molecule has 0 aliphatic rings. The Labute approximate surface area is 96.2 Å². The van der Waals surface area contributed by atoms with Crippen molar-refractivity contribution in [2.24, 2.45) is 0 Å². The molecule has 0 unspecified atom stereocenters. The maximum atomic E-state index is 13.2. The van der Waals surface area contributed by atoms with Crippen molar-refractivity contribution < 1.29 is 9.18 Å². The van der Waals surface area contributed by atoms with Gasteiger partial charge in [0.1, 0.15) is 5.82 Å². The van der Waals surface area contributed by atoms with Gasteiger partial charge < -0.3 is 5.32 Å². The summed E-state index contributed by atoms with van der Waals surface area (Å²) in [5, 5.41) is 15.5. The second-order valence-corrected chi connectivity index (χ2v) is 3.47. The smallest absolute Gasteiger partial charge is 0.251 e. The highest BCUT2D eigenvalue weighted by molar-refractivity contribution is 5.94. The van der Waals surface area contributed by atoms with Crippen LogP contribution in [0.5, 0.6) is 0 Å². The standard InChI is InChI=1S/C10H10FN5O/c1-6-2-3-7(4-8(6)11)10(17)12-5-9-13-15-16-14-9/h2-4H,5H2,1H3,(H,12,17)(H,13,14,15,16). The molecule has 88 valence electrons. The largest absolute Gasteiger partial charge is 0.345 e. The van der Waals surface area contributed by atoms with Crippen LogP contribution in [0.2, 0.25) is 0 Å². The summed E-state index contributed by atoms with van der Waals surface area (Å²) in [4.78, 5) is 11.6. The van der Waals surface area contributed by atoms with Crippen LogP contribution in [0.25, 0.3) is 0 Å². The van der Waals surface area contributed by atoms with Crippen molar-refractivity contribution in [3.63, 3.8) is 0 Å². The van der Waals surface area contributed by atoms with Gasteiger partial charge in [-0.05, 0) is 24.6 Å². The van der Waals surface area contributed by atoms with Crippen molar-refractivity contribution in [1.82, 2.24) is 25.9 Å². The number of aromatic amines is 1. The van der Waals surface area contributed by atoms with Gasteiger partial charge >= 0.3 is 0 Å². The highest BCUT2D eigenvalue weighted by Gasteiger charge is 2.08. The van der Waals surface area contributed by atoms with Crippen LogP contribution < -0.4 is 5.32 Å². The van der Waals surface area contributed by atoms with Gasteiger partial charge in [0, 0.05) is 5.56 Å². The molecule has 1 amide bonds. The van der Waals surface area contributed by atoms with Crippen LogP contribution in [-0.2, 0) is 6.54 Å². The quantitative estimate of drug-likeness (QED) is 0.815. The molecule has 1 aromatic heterocycles. The summed E-state index contributed by atoms with van der Waals surface area (Å²) in [6.45, 7) is 1.78. The summed E-state index contributed by atoms with van der Waals surface area (Å²) in [6, 6.07) is 4.31. The van der Waals surface area contributed by atoms with Gasteiger partial charge in [0.2, 0.25) is 0 Å². The third-order valence-corrected chi connectivity index (χ3v) is 2.23. The molecule has 0 aliphatic carbocycles. The second-order valence-electron chi connectivity index (χ2n) is 3.47. The fourth-order valence-corrected chi connectivity index (χ4v) is 1.25. The minimum absolute atomic E-state index is 0.144. The lowest BCUT2D eigenvalue weighted by molar-refractivity contribution is 0.0949. The lowest BCUT2D eigenvalue weighted by Crippen LogP contribution is -2.23. The van der Waals surface area contributed by atoms with Crippen LogP contribution in [0, 0.1) is 12.7 Å². The monoisotopic (exact) mass is 235 g/mol. The number of tetrazole rings is 1. The number of nitrogens with one attached hydrogen (secondary N) is 2. The van der Waals surface area contributed by atoms with Crippen molar-refractivity contribution >= 4 is 5.91 Å². The Morgan fingerprint density at radius 1 is 1.53 bits per heavy atom. The Balaban J connectivity index is 2.02. The van der Waals surface area contributed by atoms with Crippen LogP contribution in [-0.4, -0.2) is 26.5 Å². The van der Waals surface area contributed by atoms with Crippen LogP contribution in [0.3, 0.4) is 0 Å². The third kappa shape index (κ3) is 2.63. The molecule has 1 aromatic carbocycles. The van der Waals surface area contributed by atoms with Gasteiger partial charge in [-0.3, -0.25) is 4.79 Å². The fraction of sp³-hybridized carbons (Fsp3) is 0.200. The van der Waals surface area contributed by atoms with E-state index in [2.05, 4.69) is 25.9 Å². The Hall–Kier alpha value is -2.31. The van der Waals surface area contributed by atoms with E-state index < -0.39 is 5.82 Å². The van der Waals surface area contributed by atoms with Gasteiger partial charge in [-0.1, -0.05) is 11.3 Å². The Kier molecular flexibility index (Phi) is 3.08. The molecule has 6 nitrogen and oxygen atoms in total. The van der Waals surface area contributed by atoms with Crippen LogP contribution >= 0.6 is 0 Å². The lowest BCUT2D eigenvalue weighted by atomic mass is 10.1. The van der Waals surface area contributed by atoms with E-state index >= 15 is 0 Å². The molecule has 2 N–H and O–H groups in total. The fourth-order valence-electron chi connectivity index (χ4n) is 1.25. The summed E-state index contributed by atoms with van der Waals surface area (Å²) < 4.78 is 13.2. The van der Waals surface area contributed by atoms with Crippen molar-refractivity contribution in [2.45, 2.75) is 13.5 Å². The van der Waals surface area contributed by atoms with E-state index in [9.17, 15) is 9.18 Å². The zero-order valence-corrected chi connectivity index (χ0v) is 9.07. The van der Waals surface area contributed by atoms with Gasteiger partial charge in [-0.25, -0.2) is 4.39 Å². The first-order chi connectivity index (χ1) is 8.16. The highest BCUT2D eigenvalue weighted by atomic mass is 19.1. The van der Waals surface area contributed by atoms with Crippen molar-refractivity contribution in [3.05, 3.63) is 41.0 Å². The maximum Gasteiger partial charge on any atom is 0.251 e. The molecule has 2 rings (SSSR count). The summed E-state index contributed by atoms with van der Waals surface area (Å²) in [7, 11) is 0. The molecule has 0 bridgehead atoms. The Morgan fingerprint density at radius 3 is 3.00 bits per heavy atom. The van der Waals surface area contributed by atoms with E-state index in [4.69, 9.17) is 0 Å². The number of carbonyl (C=O) groups excluding carboxylic acids is 1. The zero-order chi connectivity index (χ0) is 12.3. The second kappa shape index (κ2) is 4.69. The van der Waals surface area contributed by atoms with Crippen molar-refractivity contribution in [2.75, 3.05) is 0 Å². The van der Waals surface area contributed by atoms with E-state index in [0.29, 0.717) is 11.4 Å². The number of halogens is 1. The number of benzene rings is 1. The molecule has 0 spiro atoms. The van der Waals surface area contributed by atoms with Crippen LogP contribution in [0.15, 0.2) is 18.2 Å². The number of nitrogens with zero attached hydrogens (tertiary/aromatic N) is 3. The zero-order valence-electron chi connectivity index (χ0n) is 9.07. The first-order valence-electron chi connectivity index (χ1n) is 4.93. The van der Waals surface area contributed by atoms with E-state index in [1.807, 2.05) is 0 Å². The molecular formula is C10H10FN5O. The molecule has 7 heteroatoms. The summed E-state index contributed by atoms with van der Waals surface area (Å²) in [5.74, 6) is -0.420. The van der Waals surface area contributed by atoms with Crippen LogP contribution in [0.1, 0.15) is 21.7 Å². The number of aryl methyl sites for hydroxylation is 1. The molecule has 0 saturated heterocycles. The molecule has 0 fully saturated rings. The Bertz CT molecular complexity index is 525. The minimum atomic E-state index is -0.405. The predicted molar refractivity (Wildman–Crippen MR) is 56.5 cm³/mol. The van der Waals surface area contributed by atoms with E-state index in [-0.39, 0.29) is 18.0 Å². The van der Waals surface area contributed by atoms with Crippen molar-refractivity contribution in [1.29, 1.82) is 0 Å². The molecule has 0 aliphatic heterocycles. The minimum Gasteiger partial charge on any atom is -0.345 e. The number of aromatic nitrogens is 4. The number of carbonyl (C=O) groups is 1. The van der Waals surface area contributed by atoms with Gasteiger partial charge in [-0.15, -0.1) is 10.2 Å². The lowest BCUT2D eigenvalue weighted by Gasteiger charge is -2.03. The van der Waals surface area contributed by atoms with E-state index in [1.54, 1.807) is 19.1 Å². The number of hydrogen-bond acceptors (Lipinski definition) is 4. The highest BCUT2D eigenvalue weighted by Crippen LogP contribution is 2.09. The molecule has 0 saturated carbocycles. The number of rotatable bonds is 3. The molecule has 2 aromatic rings. The van der Waals surface area contributed by atoms with E-state index in [1.165, 1.54) is 6.07 Å². The van der Waals surface area contributed by atoms with Crippen LogP contribution in [0.4, 0.5) is 4.39 Å². The average molecular weight is 235 g/mol. The molecule has 17 heavy (non-hydrogen) atoms. The topological polar surface area (TPSA) is 83.6 Å². The normalized spacial score (nSPS) is 10.2. The molecule has 0 atom stereocenters. The summed E-state index contributed by atoms with van der Waals surface area (Å²) in [6.07, 6.45) is 0. The first-order valence-corrected chi connectivity index (χ1v) is 4.93. The molecule has 1 heterocycles.